The zero-order valence-corrected chi connectivity index (χ0v) is 17.5. The summed E-state index contributed by atoms with van der Waals surface area (Å²) in [5.74, 6) is -1.97. The molecule has 3 rings (SSSR count). The molecule has 2 atom stereocenters. The normalized spacial score (nSPS) is 20.6. The average molecular weight is 454 g/mol. The molecule has 2 aliphatic rings. The van der Waals surface area contributed by atoms with E-state index in [4.69, 9.17) is 4.84 Å². The van der Waals surface area contributed by atoms with Crippen molar-refractivity contribution >= 4 is 58.1 Å². The fourth-order valence-corrected chi connectivity index (χ4v) is 4.62. The van der Waals surface area contributed by atoms with Crippen molar-refractivity contribution < 1.29 is 29.1 Å². The van der Waals surface area contributed by atoms with E-state index in [0.29, 0.717) is 18.8 Å². The lowest BCUT2D eigenvalue weighted by molar-refractivity contribution is -0.150. The van der Waals surface area contributed by atoms with Gasteiger partial charge in [0.05, 0.1) is 0 Å². The molecule has 1 fully saturated rings. The number of β-lactam (4-membered cyclic amide) rings is 1. The molecule has 0 aromatic carbocycles. The molecule has 1 saturated heterocycles. The average Bonchev–Trinajstić information content (AvgIpc) is 3.19. The molecule has 1 aromatic rings. The molecule has 13 heteroatoms. The van der Waals surface area contributed by atoms with Crippen LogP contribution in [0.15, 0.2) is 22.3 Å². The molecule has 11 nitrogen and oxygen atoms in total. The number of hydrogen-bond acceptors (Lipinski definition) is 9. The van der Waals surface area contributed by atoms with E-state index in [1.54, 1.807) is 0 Å². The van der Waals surface area contributed by atoms with Gasteiger partial charge in [-0.3, -0.25) is 19.3 Å². The number of carbonyl (C=O) groups excluding carboxylic acids is 3. The highest BCUT2D eigenvalue weighted by molar-refractivity contribution is 8.00. The fourth-order valence-electron chi connectivity index (χ4n) is 2.77. The van der Waals surface area contributed by atoms with Crippen molar-refractivity contribution in [3.05, 3.63) is 22.8 Å². The number of nitrogens with zero attached hydrogens (tertiary/aromatic N) is 3. The van der Waals surface area contributed by atoms with Gasteiger partial charge in [-0.05, 0) is 12.5 Å². The maximum Gasteiger partial charge on any atom is 0.352 e. The predicted molar refractivity (Wildman–Crippen MR) is 110 cm³/mol. The summed E-state index contributed by atoms with van der Waals surface area (Å²) < 4.78 is 0. The summed E-state index contributed by atoms with van der Waals surface area (Å²) in [6, 6.07) is -0.891. The quantitative estimate of drug-likeness (QED) is 0.153. The van der Waals surface area contributed by atoms with E-state index >= 15 is 0 Å². The van der Waals surface area contributed by atoms with Crippen LogP contribution in [0.5, 0.6) is 0 Å². The third-order valence-electron chi connectivity index (χ3n) is 4.24. The number of anilines is 1. The summed E-state index contributed by atoms with van der Waals surface area (Å²) >= 11 is 2.45. The van der Waals surface area contributed by atoms with Crippen molar-refractivity contribution in [2.75, 3.05) is 17.7 Å². The van der Waals surface area contributed by atoms with Crippen molar-refractivity contribution in [1.82, 2.24) is 15.2 Å². The highest BCUT2D eigenvalue weighted by Gasteiger charge is 2.53. The first-order chi connectivity index (χ1) is 14.5. The predicted octanol–water partition coefficient (Wildman–Crippen LogP) is 0.601. The molecule has 3 N–H and O–H groups in total. The van der Waals surface area contributed by atoms with Gasteiger partial charge in [0.15, 0.2) is 10.8 Å². The lowest BCUT2D eigenvalue weighted by atomic mass is 10.0. The number of oxime groups is 1. The number of carboxylic acid groups (broad SMARTS) is 1. The lowest BCUT2D eigenvalue weighted by Crippen LogP contribution is -2.70. The number of aliphatic carboxylic acids is 1. The Bertz CT molecular complexity index is 914. The number of amides is 3. The smallest absolute Gasteiger partial charge is 0.352 e. The molecule has 30 heavy (non-hydrogen) atoms. The fraction of sp³-hybridized carbons (Fsp3) is 0.412. The Hall–Kier alpha value is -2.93. The maximum absolute atomic E-state index is 12.9. The Morgan fingerprint density at radius 2 is 2.30 bits per heavy atom. The first-order valence-corrected chi connectivity index (χ1v) is 11.0. The number of thiazole rings is 1. The molecule has 0 bridgehead atoms. The van der Waals surface area contributed by atoms with Gasteiger partial charge in [0, 0.05) is 11.1 Å². The van der Waals surface area contributed by atoms with Crippen LogP contribution in [0.25, 0.3) is 0 Å². The number of aromatic nitrogens is 1. The minimum absolute atomic E-state index is 0.0879. The second-order valence-corrected chi connectivity index (χ2v) is 8.21. The van der Waals surface area contributed by atoms with Crippen LogP contribution in [0.3, 0.4) is 0 Å². The second-order valence-electron chi connectivity index (χ2n) is 6.20. The van der Waals surface area contributed by atoms with E-state index in [0.717, 1.165) is 29.1 Å². The number of hydrogen-bond donors (Lipinski definition) is 3. The number of unbranched alkanes of at least 4 members (excludes halogenated alkanes) is 1. The Labute approximate surface area is 179 Å². The Balaban J connectivity index is 1.75. The SMILES string of the molecule is CCCCON=C(C(=O)NC1C(=O)N2C(C(=O)O)=CCS[C@@H]12)c1csc(NC=O)n1. The zero-order chi connectivity index (χ0) is 21.7. The highest BCUT2D eigenvalue weighted by Crippen LogP contribution is 2.37. The largest absolute Gasteiger partial charge is 0.477 e. The van der Waals surface area contributed by atoms with E-state index in [1.165, 1.54) is 23.2 Å². The zero-order valence-electron chi connectivity index (χ0n) is 15.9. The lowest BCUT2D eigenvalue weighted by Gasteiger charge is -2.48. The minimum Gasteiger partial charge on any atom is -0.477 e. The van der Waals surface area contributed by atoms with Crippen LogP contribution in [0.1, 0.15) is 25.5 Å². The molecule has 3 heterocycles. The molecule has 1 aromatic heterocycles. The van der Waals surface area contributed by atoms with Crippen LogP contribution in [0.2, 0.25) is 0 Å². The molecular weight excluding hydrogens is 434 g/mol. The van der Waals surface area contributed by atoms with E-state index in [1.807, 2.05) is 6.92 Å². The number of rotatable bonds is 10. The van der Waals surface area contributed by atoms with Gasteiger partial charge in [0.1, 0.15) is 29.4 Å². The van der Waals surface area contributed by atoms with Crippen molar-refractivity contribution in [1.29, 1.82) is 0 Å². The highest BCUT2D eigenvalue weighted by atomic mass is 32.2. The van der Waals surface area contributed by atoms with E-state index in [-0.39, 0.29) is 22.2 Å². The van der Waals surface area contributed by atoms with Gasteiger partial charge in [-0.2, -0.15) is 0 Å². The van der Waals surface area contributed by atoms with Gasteiger partial charge in [0.2, 0.25) is 6.41 Å². The van der Waals surface area contributed by atoms with E-state index < -0.39 is 29.2 Å². The third kappa shape index (κ3) is 4.46. The molecule has 1 unspecified atom stereocenters. The summed E-state index contributed by atoms with van der Waals surface area (Å²) in [6.07, 6.45) is 3.55. The maximum atomic E-state index is 12.9. The molecular formula is C17H19N5O6S2. The number of thioether (sulfide) groups is 1. The topological polar surface area (TPSA) is 150 Å². The van der Waals surface area contributed by atoms with Crippen LogP contribution in [0.4, 0.5) is 5.13 Å². The Kier molecular flexibility index (Phi) is 7.05. The van der Waals surface area contributed by atoms with Crippen molar-refractivity contribution in [3.63, 3.8) is 0 Å². The first-order valence-electron chi connectivity index (χ1n) is 9.03. The molecule has 2 aliphatic heterocycles. The van der Waals surface area contributed by atoms with Crippen molar-refractivity contribution in [2.24, 2.45) is 5.16 Å². The van der Waals surface area contributed by atoms with Crippen LogP contribution in [-0.2, 0) is 24.0 Å². The van der Waals surface area contributed by atoms with Gasteiger partial charge in [-0.1, -0.05) is 18.5 Å². The Morgan fingerprint density at radius 3 is 3.00 bits per heavy atom. The first kappa shape index (κ1) is 21.8. The molecule has 0 radical (unpaired) electrons. The number of nitrogens with one attached hydrogen (secondary N) is 2. The van der Waals surface area contributed by atoms with Crippen molar-refractivity contribution in [3.8, 4) is 0 Å². The van der Waals surface area contributed by atoms with Crippen LogP contribution in [-0.4, -0.2) is 68.7 Å². The molecule has 3 amide bonds. The summed E-state index contributed by atoms with van der Waals surface area (Å²) in [5.41, 5.74) is -0.0399. The molecule has 0 spiro atoms. The number of fused-ring (bicyclic) bond motifs is 1. The van der Waals surface area contributed by atoms with Gasteiger partial charge in [0.25, 0.3) is 11.8 Å². The monoisotopic (exact) mass is 453 g/mol. The van der Waals surface area contributed by atoms with Gasteiger partial charge in [-0.25, -0.2) is 9.78 Å². The molecule has 0 aliphatic carbocycles. The van der Waals surface area contributed by atoms with Crippen molar-refractivity contribution in [2.45, 2.75) is 31.2 Å². The van der Waals surface area contributed by atoms with Crippen LogP contribution in [0, 0.1) is 0 Å². The second kappa shape index (κ2) is 9.71. The third-order valence-corrected chi connectivity index (χ3v) is 6.20. The minimum atomic E-state index is -1.19. The number of carbonyl (C=O) groups is 4. The summed E-state index contributed by atoms with van der Waals surface area (Å²) in [6.45, 7) is 2.28. The Morgan fingerprint density at radius 1 is 1.50 bits per heavy atom. The molecule has 160 valence electrons. The van der Waals surface area contributed by atoms with E-state index in [9.17, 15) is 24.3 Å². The summed E-state index contributed by atoms with van der Waals surface area (Å²) in [4.78, 5) is 57.7. The van der Waals surface area contributed by atoms with E-state index in [2.05, 4.69) is 20.8 Å². The summed E-state index contributed by atoms with van der Waals surface area (Å²) in [7, 11) is 0. The standard InChI is InChI=1S/C17H19N5O6S2/c1-2-3-5-28-21-11(9-7-30-17(19-9)18-8-23)13(24)20-12-14(25)22-10(16(26)27)4-6-29-15(12)22/h4,7-8,12,15H,2-3,5-6H2,1H3,(H,20,24)(H,26,27)(H,18,19,23)/t12?,15-/m0/s1. The van der Waals surface area contributed by atoms with Crippen LogP contribution >= 0.6 is 23.1 Å². The molecule has 0 saturated carbocycles. The summed E-state index contributed by atoms with van der Waals surface area (Å²) in [5, 5.41) is 19.4. The van der Waals surface area contributed by atoms with Gasteiger partial charge in [-0.15, -0.1) is 23.1 Å². The van der Waals surface area contributed by atoms with Gasteiger partial charge < -0.3 is 20.6 Å². The number of carboxylic acids is 1. The van der Waals surface area contributed by atoms with Crippen LogP contribution < -0.4 is 10.6 Å². The van der Waals surface area contributed by atoms with Gasteiger partial charge >= 0.3 is 5.97 Å².